The Morgan fingerprint density at radius 1 is 1.20 bits per heavy atom. The molecule has 0 bridgehead atoms. The quantitative estimate of drug-likeness (QED) is 0.480. The first-order valence-corrected chi connectivity index (χ1v) is 11.5. The summed E-state index contributed by atoms with van der Waals surface area (Å²) in [7, 11) is -3.30. The molecule has 0 aliphatic heterocycles. The molecule has 0 saturated heterocycles. The molecule has 11 heteroatoms. The van der Waals surface area contributed by atoms with Crippen LogP contribution in [0.2, 0.25) is 0 Å². The molecule has 0 aliphatic carbocycles. The lowest BCUT2D eigenvalue weighted by Gasteiger charge is -2.24. The Kier molecular flexibility index (Phi) is 8.18. The van der Waals surface area contributed by atoms with Crippen LogP contribution in [0, 0.1) is 0 Å². The summed E-state index contributed by atoms with van der Waals surface area (Å²) in [6, 6.07) is 8.92. The van der Waals surface area contributed by atoms with Gasteiger partial charge in [-0.1, -0.05) is 53.5 Å². The molecule has 1 heterocycles. The summed E-state index contributed by atoms with van der Waals surface area (Å²) in [5.74, 6) is -0.805. The van der Waals surface area contributed by atoms with Gasteiger partial charge in [-0.3, -0.25) is 9.78 Å². The van der Waals surface area contributed by atoms with Crippen LogP contribution < -0.4 is 10.0 Å². The molecule has 1 amide bonds. The average Bonchev–Trinajstić information content (AvgIpc) is 2.69. The monoisotopic (exact) mass is 477 g/mol. The number of hydrogen-bond acceptors (Lipinski definition) is 5. The Balaban J connectivity index is 2.09. The van der Waals surface area contributed by atoms with Crippen LogP contribution in [0.15, 0.2) is 42.6 Å². The second-order valence-electron chi connectivity index (χ2n) is 6.82. The standard InChI is InChI=1S/C19H22Cl2FN3O4S/c1-19(20,21)18(27)25-16(9-22)17(26)13-5-3-12(4-6-13)14-7-8-15(23-10-14)11-24-30(2,28)29/h3-8,10,16-17,24,26H,9,11H2,1-2H3,(H,25,27). The molecule has 0 fully saturated rings. The van der Waals surface area contributed by atoms with Gasteiger partial charge in [0, 0.05) is 11.8 Å². The van der Waals surface area contributed by atoms with E-state index in [1.54, 1.807) is 42.6 Å². The second kappa shape index (κ2) is 10.0. The number of amides is 1. The molecule has 0 radical (unpaired) electrons. The van der Waals surface area contributed by atoms with Gasteiger partial charge in [-0.25, -0.2) is 17.5 Å². The lowest BCUT2D eigenvalue weighted by atomic mass is 9.99. The number of nitrogens with one attached hydrogen (secondary N) is 2. The smallest absolute Gasteiger partial charge is 0.256 e. The molecule has 2 unspecified atom stereocenters. The van der Waals surface area contributed by atoms with E-state index in [9.17, 15) is 22.7 Å². The summed E-state index contributed by atoms with van der Waals surface area (Å²) in [4.78, 5) is 16.1. The van der Waals surface area contributed by atoms with Crippen LogP contribution in [0.3, 0.4) is 0 Å². The Labute approximate surface area is 184 Å². The third kappa shape index (κ3) is 7.17. The number of carbonyl (C=O) groups is 1. The summed E-state index contributed by atoms with van der Waals surface area (Å²) in [6.07, 6.45) is 1.36. The van der Waals surface area contributed by atoms with E-state index in [0.29, 0.717) is 11.3 Å². The van der Waals surface area contributed by atoms with Crippen molar-refractivity contribution in [1.82, 2.24) is 15.0 Å². The van der Waals surface area contributed by atoms with E-state index >= 15 is 0 Å². The van der Waals surface area contributed by atoms with Crippen molar-refractivity contribution in [3.05, 3.63) is 53.9 Å². The summed E-state index contributed by atoms with van der Waals surface area (Å²) in [5, 5.41) is 12.7. The Morgan fingerprint density at radius 3 is 2.27 bits per heavy atom. The van der Waals surface area contributed by atoms with Crippen molar-refractivity contribution in [3.63, 3.8) is 0 Å². The van der Waals surface area contributed by atoms with Crippen molar-refractivity contribution in [2.45, 2.75) is 29.9 Å². The van der Waals surface area contributed by atoms with Crippen LogP contribution in [0.5, 0.6) is 0 Å². The van der Waals surface area contributed by atoms with E-state index in [2.05, 4.69) is 15.0 Å². The largest absolute Gasteiger partial charge is 0.386 e. The SMILES string of the molecule is CC(Cl)(Cl)C(=O)NC(CF)C(O)c1ccc(-c2ccc(CNS(C)(=O)=O)nc2)cc1. The minimum absolute atomic E-state index is 0.0875. The number of aromatic nitrogens is 1. The molecule has 164 valence electrons. The first kappa shape index (κ1) is 24.5. The van der Waals surface area contributed by atoms with Gasteiger partial charge in [-0.05, 0) is 24.1 Å². The number of alkyl halides is 3. The van der Waals surface area contributed by atoms with Crippen molar-refractivity contribution in [1.29, 1.82) is 0 Å². The topological polar surface area (TPSA) is 108 Å². The molecule has 0 aliphatic rings. The molecule has 1 aromatic heterocycles. The number of nitrogens with zero attached hydrogens (tertiary/aromatic N) is 1. The maximum Gasteiger partial charge on any atom is 0.256 e. The van der Waals surface area contributed by atoms with Crippen LogP contribution in [0.1, 0.15) is 24.3 Å². The average molecular weight is 478 g/mol. The first-order chi connectivity index (χ1) is 13.9. The fraction of sp³-hybridized carbons (Fsp3) is 0.368. The van der Waals surface area contributed by atoms with Crippen molar-refractivity contribution < 1.29 is 22.7 Å². The van der Waals surface area contributed by atoms with Crippen molar-refractivity contribution in [2.24, 2.45) is 0 Å². The molecule has 3 N–H and O–H groups in total. The number of halogens is 3. The zero-order valence-corrected chi connectivity index (χ0v) is 18.6. The minimum Gasteiger partial charge on any atom is -0.386 e. The van der Waals surface area contributed by atoms with E-state index in [4.69, 9.17) is 23.2 Å². The Hall–Kier alpha value is -1.78. The van der Waals surface area contributed by atoms with Gasteiger partial charge in [-0.15, -0.1) is 0 Å². The van der Waals surface area contributed by atoms with Crippen LogP contribution >= 0.6 is 23.2 Å². The summed E-state index contributed by atoms with van der Waals surface area (Å²) in [6.45, 7) is 0.327. The molecule has 1 aromatic carbocycles. The summed E-state index contributed by atoms with van der Waals surface area (Å²) < 4.78 is 36.2. The lowest BCUT2D eigenvalue weighted by Crippen LogP contribution is -2.46. The van der Waals surface area contributed by atoms with Crippen LogP contribution in [0.25, 0.3) is 11.1 Å². The number of sulfonamides is 1. The van der Waals surface area contributed by atoms with Crippen molar-refractivity contribution in [2.75, 3.05) is 12.9 Å². The minimum atomic E-state index is -3.30. The van der Waals surface area contributed by atoms with E-state index in [1.807, 2.05) is 0 Å². The predicted molar refractivity (Wildman–Crippen MR) is 114 cm³/mol. The zero-order chi connectivity index (χ0) is 22.5. The molecule has 30 heavy (non-hydrogen) atoms. The number of pyridine rings is 1. The number of hydrogen-bond donors (Lipinski definition) is 3. The highest BCUT2D eigenvalue weighted by Crippen LogP contribution is 2.25. The number of aliphatic hydroxyl groups is 1. The predicted octanol–water partition coefficient (Wildman–Crippen LogP) is 2.48. The maximum absolute atomic E-state index is 13.3. The molecule has 2 aromatic rings. The van der Waals surface area contributed by atoms with Crippen molar-refractivity contribution >= 4 is 39.1 Å². The zero-order valence-electron chi connectivity index (χ0n) is 16.3. The van der Waals surface area contributed by atoms with E-state index in [0.717, 1.165) is 17.4 Å². The van der Waals surface area contributed by atoms with Gasteiger partial charge in [0.15, 0.2) is 4.33 Å². The maximum atomic E-state index is 13.3. The van der Waals surface area contributed by atoms with E-state index in [1.165, 1.54) is 6.92 Å². The number of carbonyl (C=O) groups excluding carboxylic acids is 1. The van der Waals surface area contributed by atoms with E-state index < -0.39 is 39.1 Å². The molecule has 0 spiro atoms. The summed E-state index contributed by atoms with van der Waals surface area (Å²) in [5.41, 5.74) is 2.52. The first-order valence-electron chi connectivity index (χ1n) is 8.83. The molecular weight excluding hydrogens is 456 g/mol. The third-order valence-corrected chi connectivity index (χ3v) is 5.20. The number of rotatable bonds is 9. The van der Waals surface area contributed by atoms with Gasteiger partial charge in [0.2, 0.25) is 10.0 Å². The molecule has 7 nitrogen and oxygen atoms in total. The van der Waals surface area contributed by atoms with Crippen LogP contribution in [0.4, 0.5) is 4.39 Å². The fourth-order valence-corrected chi connectivity index (χ4v) is 3.03. The van der Waals surface area contributed by atoms with Gasteiger partial charge in [-0.2, -0.15) is 0 Å². The van der Waals surface area contributed by atoms with Gasteiger partial charge < -0.3 is 10.4 Å². The van der Waals surface area contributed by atoms with Crippen molar-refractivity contribution in [3.8, 4) is 11.1 Å². The molecule has 0 saturated carbocycles. The molecule has 2 rings (SSSR count). The van der Waals surface area contributed by atoms with Gasteiger partial charge >= 0.3 is 0 Å². The number of aliphatic hydroxyl groups excluding tert-OH is 1. The lowest BCUT2D eigenvalue weighted by molar-refractivity contribution is -0.123. The summed E-state index contributed by atoms with van der Waals surface area (Å²) >= 11 is 11.4. The van der Waals surface area contributed by atoms with Crippen LogP contribution in [-0.2, 0) is 21.4 Å². The Bertz CT molecular complexity index is 965. The van der Waals surface area contributed by atoms with Crippen LogP contribution in [-0.4, -0.2) is 47.7 Å². The number of benzene rings is 1. The highest BCUT2D eigenvalue weighted by Gasteiger charge is 2.32. The normalized spacial score (nSPS) is 14.2. The fourth-order valence-electron chi connectivity index (χ4n) is 2.51. The van der Waals surface area contributed by atoms with Gasteiger partial charge in [0.25, 0.3) is 5.91 Å². The molecule has 2 atom stereocenters. The highest BCUT2D eigenvalue weighted by atomic mass is 35.5. The molecular formula is C19H22Cl2FN3O4S. The van der Waals surface area contributed by atoms with Gasteiger partial charge in [0.05, 0.1) is 24.5 Å². The van der Waals surface area contributed by atoms with E-state index in [-0.39, 0.29) is 6.54 Å². The Morgan fingerprint density at radius 2 is 1.80 bits per heavy atom. The second-order valence-corrected chi connectivity index (χ2v) is 10.4. The van der Waals surface area contributed by atoms with Gasteiger partial charge in [0.1, 0.15) is 12.8 Å². The third-order valence-electron chi connectivity index (χ3n) is 4.19. The highest BCUT2D eigenvalue weighted by molar-refractivity contribution is 7.88.